The predicted molar refractivity (Wildman–Crippen MR) is 114 cm³/mol. The van der Waals surface area contributed by atoms with E-state index in [1.54, 1.807) is 18.2 Å². The number of carbonyl (C=O) groups is 2. The lowest BCUT2D eigenvalue weighted by molar-refractivity contribution is -0.122. The zero-order chi connectivity index (χ0) is 20.5. The third kappa shape index (κ3) is 3.63. The number of amides is 1. The minimum atomic E-state index is -0.993. The Morgan fingerprint density at radius 3 is 2.50 bits per heavy atom. The van der Waals surface area contributed by atoms with Crippen molar-refractivity contribution in [3.8, 4) is 0 Å². The molecule has 1 saturated heterocycles. The first-order valence-electron chi connectivity index (χ1n) is 9.33. The quantitative estimate of drug-likeness (QED) is 0.563. The van der Waals surface area contributed by atoms with E-state index >= 15 is 0 Å². The zero-order valence-electron chi connectivity index (χ0n) is 15.9. The van der Waals surface area contributed by atoms with Gasteiger partial charge in [-0.25, -0.2) is 0 Å². The molecule has 28 heavy (non-hydrogen) atoms. The SMILES string of the molecule is CC(C)[C@@H]1CC(=O)NC[C@H](c2cccc(Cl)c2)[C@]1(C=O)c1ccc(Cl)cc1N. The van der Waals surface area contributed by atoms with E-state index in [-0.39, 0.29) is 30.1 Å². The molecule has 0 aliphatic carbocycles. The second kappa shape index (κ2) is 8.14. The van der Waals surface area contributed by atoms with Crippen LogP contribution in [0.4, 0.5) is 5.69 Å². The highest BCUT2D eigenvalue weighted by molar-refractivity contribution is 6.31. The van der Waals surface area contributed by atoms with Crippen LogP contribution in [0, 0.1) is 11.8 Å². The number of nitrogen functional groups attached to an aromatic ring is 1. The van der Waals surface area contributed by atoms with Gasteiger partial charge in [-0.05, 0) is 47.2 Å². The molecule has 3 N–H and O–H groups in total. The second-order valence-electron chi connectivity index (χ2n) is 7.75. The van der Waals surface area contributed by atoms with Crippen LogP contribution in [0.1, 0.15) is 37.3 Å². The molecule has 1 aliphatic rings. The summed E-state index contributed by atoms with van der Waals surface area (Å²) < 4.78 is 0. The van der Waals surface area contributed by atoms with Crippen LogP contribution in [0.3, 0.4) is 0 Å². The van der Waals surface area contributed by atoms with Crippen molar-refractivity contribution in [3.63, 3.8) is 0 Å². The highest BCUT2D eigenvalue weighted by Crippen LogP contribution is 2.50. The van der Waals surface area contributed by atoms with E-state index in [2.05, 4.69) is 5.32 Å². The van der Waals surface area contributed by atoms with Gasteiger partial charge in [0.2, 0.25) is 5.91 Å². The third-order valence-electron chi connectivity index (χ3n) is 5.83. The molecule has 1 aliphatic heterocycles. The van der Waals surface area contributed by atoms with Gasteiger partial charge in [0.25, 0.3) is 0 Å². The first kappa shape index (κ1) is 20.7. The Morgan fingerprint density at radius 2 is 1.89 bits per heavy atom. The van der Waals surface area contributed by atoms with Crippen molar-refractivity contribution < 1.29 is 9.59 Å². The number of halogens is 2. The summed E-state index contributed by atoms with van der Waals surface area (Å²) in [5.74, 6) is -0.543. The Bertz CT molecular complexity index is 900. The Morgan fingerprint density at radius 1 is 1.18 bits per heavy atom. The van der Waals surface area contributed by atoms with Gasteiger partial charge in [-0.15, -0.1) is 0 Å². The maximum absolute atomic E-state index is 12.9. The highest BCUT2D eigenvalue weighted by atomic mass is 35.5. The largest absolute Gasteiger partial charge is 0.398 e. The van der Waals surface area contributed by atoms with Gasteiger partial charge in [-0.2, -0.15) is 0 Å². The molecular formula is C22H24Cl2N2O2. The third-order valence-corrected chi connectivity index (χ3v) is 6.30. The molecule has 0 saturated carbocycles. The number of hydrogen-bond donors (Lipinski definition) is 2. The van der Waals surface area contributed by atoms with Crippen LogP contribution in [-0.4, -0.2) is 18.7 Å². The Labute approximate surface area is 175 Å². The van der Waals surface area contributed by atoms with Crippen molar-refractivity contribution in [1.29, 1.82) is 0 Å². The van der Waals surface area contributed by atoms with Crippen LogP contribution in [-0.2, 0) is 15.0 Å². The molecule has 2 aromatic rings. The summed E-state index contributed by atoms with van der Waals surface area (Å²) in [5, 5.41) is 4.07. The molecule has 4 nitrogen and oxygen atoms in total. The van der Waals surface area contributed by atoms with Gasteiger partial charge in [0.05, 0.1) is 5.41 Å². The van der Waals surface area contributed by atoms with Crippen molar-refractivity contribution in [1.82, 2.24) is 5.32 Å². The lowest BCUT2D eigenvalue weighted by atomic mass is 9.58. The lowest BCUT2D eigenvalue weighted by Crippen LogP contribution is -2.46. The smallest absolute Gasteiger partial charge is 0.220 e. The number of nitrogens with two attached hydrogens (primary N) is 1. The van der Waals surface area contributed by atoms with E-state index in [0.717, 1.165) is 11.8 Å². The molecule has 0 aromatic heterocycles. The fourth-order valence-electron chi connectivity index (χ4n) is 4.54. The van der Waals surface area contributed by atoms with Crippen LogP contribution >= 0.6 is 23.2 Å². The number of rotatable bonds is 4. The minimum Gasteiger partial charge on any atom is -0.398 e. The topological polar surface area (TPSA) is 72.2 Å². The molecule has 1 fully saturated rings. The van der Waals surface area contributed by atoms with Crippen LogP contribution in [0.15, 0.2) is 42.5 Å². The summed E-state index contributed by atoms with van der Waals surface area (Å²) >= 11 is 12.4. The monoisotopic (exact) mass is 418 g/mol. The standard InChI is InChI=1S/C22H24Cl2N2O2/c1-13(2)18-10-21(28)26-11-19(14-4-3-5-15(23)8-14)22(18,12-27)17-7-6-16(24)9-20(17)25/h3-9,12-13,18-19H,10-11,25H2,1-2H3,(H,26,28)/t18-,19+,22+/m0/s1. The second-order valence-corrected chi connectivity index (χ2v) is 8.62. The Balaban J connectivity index is 2.33. The van der Waals surface area contributed by atoms with Crippen LogP contribution in [0.2, 0.25) is 10.0 Å². The average molecular weight is 419 g/mol. The molecule has 1 heterocycles. The number of carbonyl (C=O) groups excluding carboxylic acids is 2. The first-order chi connectivity index (χ1) is 13.3. The lowest BCUT2D eigenvalue weighted by Gasteiger charge is -2.43. The fourth-order valence-corrected chi connectivity index (χ4v) is 4.92. The summed E-state index contributed by atoms with van der Waals surface area (Å²) in [5.41, 5.74) is 7.41. The normalized spacial score (nSPS) is 25.2. The van der Waals surface area contributed by atoms with Gasteiger partial charge in [-0.1, -0.05) is 55.2 Å². The molecule has 2 aromatic carbocycles. The van der Waals surface area contributed by atoms with E-state index in [0.29, 0.717) is 27.8 Å². The van der Waals surface area contributed by atoms with E-state index in [1.807, 2.05) is 38.1 Å². The first-order valence-corrected chi connectivity index (χ1v) is 10.1. The van der Waals surface area contributed by atoms with Crippen molar-refractivity contribution >= 4 is 41.1 Å². The van der Waals surface area contributed by atoms with Crippen molar-refractivity contribution in [2.24, 2.45) is 11.8 Å². The maximum Gasteiger partial charge on any atom is 0.220 e. The van der Waals surface area contributed by atoms with E-state index in [1.165, 1.54) is 0 Å². The number of benzene rings is 2. The summed E-state index contributed by atoms with van der Waals surface area (Å²) in [6.07, 6.45) is 1.22. The zero-order valence-corrected chi connectivity index (χ0v) is 17.4. The number of anilines is 1. The Hall–Kier alpha value is -2.04. The van der Waals surface area contributed by atoms with E-state index < -0.39 is 5.41 Å². The van der Waals surface area contributed by atoms with Gasteiger partial charge >= 0.3 is 0 Å². The van der Waals surface area contributed by atoms with Crippen molar-refractivity contribution in [3.05, 3.63) is 63.6 Å². The summed E-state index contributed by atoms with van der Waals surface area (Å²) in [7, 11) is 0. The fraction of sp³-hybridized carbons (Fsp3) is 0.364. The number of hydrogen-bond acceptors (Lipinski definition) is 3. The van der Waals surface area contributed by atoms with Crippen LogP contribution in [0.5, 0.6) is 0 Å². The highest BCUT2D eigenvalue weighted by Gasteiger charge is 2.51. The van der Waals surface area contributed by atoms with E-state index in [4.69, 9.17) is 28.9 Å². The predicted octanol–water partition coefficient (Wildman–Crippen LogP) is 4.59. The summed E-state index contributed by atoms with van der Waals surface area (Å²) in [6.45, 7) is 4.38. The summed E-state index contributed by atoms with van der Waals surface area (Å²) in [6, 6.07) is 12.7. The van der Waals surface area contributed by atoms with Gasteiger partial charge in [-0.3, -0.25) is 4.79 Å². The number of nitrogens with one attached hydrogen (secondary N) is 1. The van der Waals surface area contributed by atoms with Gasteiger partial charge < -0.3 is 15.8 Å². The molecule has 1 amide bonds. The number of aldehydes is 1. The average Bonchev–Trinajstić information content (AvgIpc) is 2.79. The molecule has 3 atom stereocenters. The van der Waals surface area contributed by atoms with Gasteiger partial charge in [0.1, 0.15) is 6.29 Å². The van der Waals surface area contributed by atoms with Crippen LogP contribution in [0.25, 0.3) is 0 Å². The summed E-state index contributed by atoms with van der Waals surface area (Å²) in [4.78, 5) is 25.4. The van der Waals surface area contributed by atoms with E-state index in [9.17, 15) is 9.59 Å². The molecule has 0 unspecified atom stereocenters. The van der Waals surface area contributed by atoms with Crippen molar-refractivity contribution in [2.45, 2.75) is 31.6 Å². The minimum absolute atomic E-state index is 0.0676. The molecule has 0 spiro atoms. The molecule has 148 valence electrons. The van der Waals surface area contributed by atoms with Gasteiger partial charge in [0.15, 0.2) is 0 Å². The molecule has 0 radical (unpaired) electrons. The maximum atomic E-state index is 12.9. The molecule has 0 bridgehead atoms. The molecular weight excluding hydrogens is 395 g/mol. The van der Waals surface area contributed by atoms with Crippen molar-refractivity contribution in [2.75, 3.05) is 12.3 Å². The molecule has 3 rings (SSSR count). The molecule has 6 heteroatoms. The Kier molecular flexibility index (Phi) is 6.01. The van der Waals surface area contributed by atoms with Gasteiger partial charge in [0, 0.05) is 34.6 Å². The van der Waals surface area contributed by atoms with Crippen LogP contribution < -0.4 is 11.1 Å².